The van der Waals surface area contributed by atoms with Gasteiger partial charge in [0.2, 0.25) is 5.95 Å². The van der Waals surface area contributed by atoms with E-state index in [9.17, 15) is 9.18 Å². The fourth-order valence-corrected chi connectivity index (χ4v) is 4.36. The van der Waals surface area contributed by atoms with E-state index in [4.69, 9.17) is 4.98 Å². The van der Waals surface area contributed by atoms with Gasteiger partial charge in [-0.3, -0.25) is 9.36 Å². The van der Waals surface area contributed by atoms with E-state index in [1.54, 1.807) is 12.1 Å². The van der Waals surface area contributed by atoms with E-state index in [0.717, 1.165) is 33.4 Å². The average molecular weight is 426 g/mol. The zero-order chi connectivity index (χ0) is 22.4. The number of para-hydroxylation sites is 2. The molecule has 4 aromatic rings. The lowest BCUT2D eigenvalue weighted by Gasteiger charge is -2.31. The average Bonchev–Trinajstić information content (AvgIpc) is 3.13. The molecule has 1 amide bonds. The summed E-state index contributed by atoms with van der Waals surface area (Å²) in [6, 6.07) is 19.6. The third kappa shape index (κ3) is 3.34. The van der Waals surface area contributed by atoms with Crippen molar-refractivity contribution in [2.75, 3.05) is 10.6 Å². The quantitative estimate of drug-likeness (QED) is 0.441. The molecule has 0 saturated heterocycles. The number of fused-ring (bicyclic) bond motifs is 3. The van der Waals surface area contributed by atoms with Gasteiger partial charge in [0.05, 0.1) is 22.6 Å². The van der Waals surface area contributed by atoms with E-state index in [1.165, 1.54) is 12.1 Å². The van der Waals surface area contributed by atoms with Crippen molar-refractivity contribution < 1.29 is 9.18 Å². The van der Waals surface area contributed by atoms with Gasteiger partial charge in [0.1, 0.15) is 5.82 Å². The summed E-state index contributed by atoms with van der Waals surface area (Å²) >= 11 is 0. The highest BCUT2D eigenvalue weighted by molar-refractivity contribution is 6.06. The van der Waals surface area contributed by atoms with Crippen LogP contribution in [-0.4, -0.2) is 15.5 Å². The van der Waals surface area contributed by atoms with Crippen LogP contribution >= 0.6 is 0 Å². The van der Waals surface area contributed by atoms with E-state index in [2.05, 4.69) is 10.6 Å². The number of nitrogens with one attached hydrogen (secondary N) is 2. The SMILES string of the molecule is CC1=C(C(=O)Nc2ccc(C)cc2C)C(c2ccc(F)cc2)n2c(nc3ccccc32)N1. The standard InChI is InChI=1S/C26H23FN4O/c1-15-8-13-20(16(2)14-15)29-25(32)23-17(3)28-26-30-21-6-4-5-7-22(21)31(26)24(23)18-9-11-19(27)12-10-18/h4-14,24H,1-3H3,(H,28,30)(H,29,32). The number of carbonyl (C=O) groups excluding carboxylic acids is 1. The van der Waals surface area contributed by atoms with Crippen LogP contribution in [-0.2, 0) is 4.79 Å². The van der Waals surface area contributed by atoms with Crippen molar-refractivity contribution >= 4 is 28.6 Å². The third-order valence-electron chi connectivity index (χ3n) is 5.89. The van der Waals surface area contributed by atoms with Crippen molar-refractivity contribution in [3.8, 4) is 0 Å². The fraction of sp³-hybridized carbons (Fsp3) is 0.154. The first-order valence-electron chi connectivity index (χ1n) is 10.5. The normalized spacial score (nSPS) is 15.4. The molecular weight excluding hydrogens is 403 g/mol. The number of aryl methyl sites for hydroxylation is 2. The number of hydrogen-bond acceptors (Lipinski definition) is 3. The van der Waals surface area contributed by atoms with Crippen molar-refractivity contribution in [1.29, 1.82) is 0 Å². The molecule has 2 N–H and O–H groups in total. The molecule has 5 nitrogen and oxygen atoms in total. The van der Waals surface area contributed by atoms with Gasteiger partial charge in [-0.2, -0.15) is 0 Å². The van der Waals surface area contributed by atoms with Crippen LogP contribution < -0.4 is 10.6 Å². The van der Waals surface area contributed by atoms with Crippen molar-refractivity contribution in [3.05, 3.63) is 101 Å². The van der Waals surface area contributed by atoms with Crippen LogP contribution in [0.3, 0.4) is 0 Å². The minimum absolute atomic E-state index is 0.209. The van der Waals surface area contributed by atoms with Gasteiger partial charge in [-0.1, -0.05) is 42.0 Å². The number of allylic oxidation sites excluding steroid dienone is 1. The topological polar surface area (TPSA) is 59.0 Å². The Hall–Kier alpha value is -3.93. The minimum Gasteiger partial charge on any atom is -0.329 e. The van der Waals surface area contributed by atoms with Crippen molar-refractivity contribution in [2.24, 2.45) is 0 Å². The van der Waals surface area contributed by atoms with Gasteiger partial charge in [0, 0.05) is 11.4 Å². The maximum Gasteiger partial charge on any atom is 0.255 e. The van der Waals surface area contributed by atoms with Crippen LogP contribution in [0.2, 0.25) is 0 Å². The van der Waals surface area contributed by atoms with Gasteiger partial charge in [0.25, 0.3) is 5.91 Å². The van der Waals surface area contributed by atoms with E-state index >= 15 is 0 Å². The highest BCUT2D eigenvalue weighted by Crippen LogP contribution is 2.39. The summed E-state index contributed by atoms with van der Waals surface area (Å²) in [6.07, 6.45) is 0. The summed E-state index contributed by atoms with van der Waals surface area (Å²) < 4.78 is 15.7. The zero-order valence-electron chi connectivity index (χ0n) is 18.1. The number of nitrogens with zero attached hydrogens (tertiary/aromatic N) is 2. The van der Waals surface area contributed by atoms with E-state index in [-0.39, 0.29) is 11.7 Å². The molecule has 1 aliphatic heterocycles. The Morgan fingerprint density at radius 1 is 1.03 bits per heavy atom. The Morgan fingerprint density at radius 3 is 2.53 bits per heavy atom. The Kier molecular flexibility index (Phi) is 4.78. The first-order chi connectivity index (χ1) is 15.4. The summed E-state index contributed by atoms with van der Waals surface area (Å²) in [7, 11) is 0. The lowest BCUT2D eigenvalue weighted by Crippen LogP contribution is -2.31. The fourth-order valence-electron chi connectivity index (χ4n) is 4.36. The molecule has 1 atom stereocenters. The van der Waals surface area contributed by atoms with Crippen molar-refractivity contribution in [1.82, 2.24) is 9.55 Å². The molecule has 3 aromatic carbocycles. The molecule has 6 heteroatoms. The van der Waals surface area contributed by atoms with Crippen LogP contribution in [0.1, 0.15) is 29.7 Å². The van der Waals surface area contributed by atoms with Crippen molar-refractivity contribution in [3.63, 3.8) is 0 Å². The Labute approximate surface area is 185 Å². The summed E-state index contributed by atoms with van der Waals surface area (Å²) in [4.78, 5) is 18.3. The van der Waals surface area contributed by atoms with Gasteiger partial charge >= 0.3 is 0 Å². The van der Waals surface area contributed by atoms with Crippen LogP contribution in [0, 0.1) is 19.7 Å². The number of benzene rings is 3. The van der Waals surface area contributed by atoms with Gasteiger partial charge in [-0.15, -0.1) is 0 Å². The molecule has 0 spiro atoms. The highest BCUT2D eigenvalue weighted by atomic mass is 19.1. The van der Waals surface area contributed by atoms with E-state index in [0.29, 0.717) is 17.2 Å². The molecular formula is C26H23FN4O. The molecule has 0 fully saturated rings. The number of carbonyl (C=O) groups is 1. The molecule has 1 unspecified atom stereocenters. The molecule has 160 valence electrons. The van der Waals surface area contributed by atoms with Gasteiger partial charge in [-0.25, -0.2) is 9.37 Å². The van der Waals surface area contributed by atoms with E-state index in [1.807, 2.05) is 67.8 Å². The maximum atomic E-state index is 13.7. The highest BCUT2D eigenvalue weighted by Gasteiger charge is 2.34. The van der Waals surface area contributed by atoms with Crippen LogP contribution in [0.5, 0.6) is 0 Å². The molecule has 1 aliphatic rings. The summed E-state index contributed by atoms with van der Waals surface area (Å²) in [6.45, 7) is 5.87. The second kappa shape index (κ2) is 7.64. The summed E-state index contributed by atoms with van der Waals surface area (Å²) in [5.74, 6) is 0.126. The largest absolute Gasteiger partial charge is 0.329 e. The lowest BCUT2D eigenvalue weighted by atomic mass is 9.94. The predicted octanol–water partition coefficient (Wildman–Crippen LogP) is 5.72. The number of rotatable bonds is 3. The number of aromatic nitrogens is 2. The number of hydrogen-bond donors (Lipinski definition) is 2. The zero-order valence-corrected chi connectivity index (χ0v) is 18.1. The monoisotopic (exact) mass is 426 g/mol. The predicted molar refractivity (Wildman–Crippen MR) is 125 cm³/mol. The molecule has 2 heterocycles. The van der Waals surface area contributed by atoms with Crippen molar-refractivity contribution in [2.45, 2.75) is 26.8 Å². The smallest absolute Gasteiger partial charge is 0.255 e. The number of amides is 1. The third-order valence-corrected chi connectivity index (χ3v) is 5.89. The van der Waals surface area contributed by atoms with Crippen LogP contribution in [0.15, 0.2) is 78.0 Å². The number of halogens is 1. The Balaban J connectivity index is 1.65. The maximum absolute atomic E-state index is 13.7. The second-order valence-electron chi connectivity index (χ2n) is 8.18. The van der Waals surface area contributed by atoms with Gasteiger partial charge < -0.3 is 10.6 Å². The first-order valence-corrected chi connectivity index (χ1v) is 10.5. The molecule has 1 aromatic heterocycles. The number of anilines is 2. The van der Waals surface area contributed by atoms with E-state index < -0.39 is 6.04 Å². The summed E-state index contributed by atoms with van der Waals surface area (Å²) in [5.41, 5.74) is 6.69. The Morgan fingerprint density at radius 2 is 1.78 bits per heavy atom. The van der Waals surface area contributed by atoms with Gasteiger partial charge in [0.15, 0.2) is 0 Å². The summed E-state index contributed by atoms with van der Waals surface area (Å²) in [5, 5.41) is 6.37. The molecule has 0 aliphatic carbocycles. The van der Waals surface area contributed by atoms with Gasteiger partial charge in [-0.05, 0) is 62.2 Å². The second-order valence-corrected chi connectivity index (χ2v) is 8.18. The first kappa shape index (κ1) is 20.0. The van der Waals surface area contributed by atoms with Crippen LogP contribution in [0.25, 0.3) is 11.0 Å². The van der Waals surface area contributed by atoms with Crippen LogP contribution in [0.4, 0.5) is 16.0 Å². The molecule has 5 rings (SSSR count). The Bertz CT molecular complexity index is 1380. The molecule has 0 bridgehead atoms. The molecule has 0 radical (unpaired) electrons. The lowest BCUT2D eigenvalue weighted by molar-refractivity contribution is -0.113. The molecule has 32 heavy (non-hydrogen) atoms. The minimum atomic E-state index is -0.454. The number of imidazole rings is 1. The molecule has 0 saturated carbocycles.